The Kier molecular flexibility index (Phi) is 4.12. The highest BCUT2D eigenvalue weighted by Crippen LogP contribution is 2.48. The molecule has 1 heteroatoms. The van der Waals surface area contributed by atoms with Crippen LogP contribution in [-0.2, 0) is 4.79 Å². The fourth-order valence-electron chi connectivity index (χ4n) is 2.59. The van der Waals surface area contributed by atoms with Gasteiger partial charge in [-0.1, -0.05) is 33.8 Å². The highest BCUT2D eigenvalue weighted by Gasteiger charge is 2.39. The molecule has 1 saturated carbocycles. The van der Waals surface area contributed by atoms with Crippen molar-refractivity contribution in [3.8, 4) is 0 Å². The van der Waals surface area contributed by atoms with E-state index in [-0.39, 0.29) is 0 Å². The minimum atomic E-state index is 0.443. The Morgan fingerprint density at radius 1 is 1.40 bits per heavy atom. The molecule has 1 rings (SSSR count). The van der Waals surface area contributed by atoms with Crippen molar-refractivity contribution in [1.29, 1.82) is 0 Å². The lowest BCUT2D eigenvalue weighted by Crippen LogP contribution is -2.22. The zero-order chi connectivity index (χ0) is 11.5. The zero-order valence-electron chi connectivity index (χ0n) is 10.5. The van der Waals surface area contributed by atoms with E-state index < -0.39 is 0 Å². The van der Waals surface area contributed by atoms with Crippen LogP contribution < -0.4 is 0 Å². The van der Waals surface area contributed by atoms with Gasteiger partial charge in [-0.25, -0.2) is 0 Å². The molecule has 0 heterocycles. The van der Waals surface area contributed by atoms with Crippen molar-refractivity contribution < 1.29 is 4.79 Å². The molecule has 15 heavy (non-hydrogen) atoms. The van der Waals surface area contributed by atoms with Crippen molar-refractivity contribution in [3.63, 3.8) is 0 Å². The molecule has 0 aromatic rings. The van der Waals surface area contributed by atoms with E-state index in [1.165, 1.54) is 12.8 Å². The lowest BCUT2D eigenvalue weighted by molar-refractivity contribution is -0.105. The van der Waals surface area contributed by atoms with Gasteiger partial charge in [-0.15, -0.1) is 0 Å². The van der Waals surface area contributed by atoms with Crippen molar-refractivity contribution in [2.45, 2.75) is 53.4 Å². The second kappa shape index (κ2) is 4.96. The highest BCUT2D eigenvalue weighted by atomic mass is 16.1. The summed E-state index contributed by atoms with van der Waals surface area (Å²) in [5.74, 6) is 1.58. The van der Waals surface area contributed by atoms with Gasteiger partial charge in [0.25, 0.3) is 0 Å². The van der Waals surface area contributed by atoms with E-state index >= 15 is 0 Å². The van der Waals surface area contributed by atoms with E-state index in [9.17, 15) is 4.79 Å². The highest BCUT2D eigenvalue weighted by molar-refractivity contribution is 5.72. The van der Waals surface area contributed by atoms with Crippen LogP contribution in [0.25, 0.3) is 0 Å². The van der Waals surface area contributed by atoms with Gasteiger partial charge in [0.2, 0.25) is 0 Å². The van der Waals surface area contributed by atoms with Gasteiger partial charge < -0.3 is 0 Å². The maximum Gasteiger partial charge on any atom is 0.145 e. The van der Waals surface area contributed by atoms with Crippen LogP contribution in [0.4, 0.5) is 0 Å². The van der Waals surface area contributed by atoms with Crippen molar-refractivity contribution in [1.82, 2.24) is 0 Å². The molecule has 1 unspecified atom stereocenters. The topological polar surface area (TPSA) is 17.1 Å². The van der Waals surface area contributed by atoms with Crippen molar-refractivity contribution in [2.24, 2.45) is 17.3 Å². The van der Waals surface area contributed by atoms with Crippen LogP contribution in [0.15, 0.2) is 11.6 Å². The number of hydrogen-bond acceptors (Lipinski definition) is 1. The molecular weight excluding hydrogens is 184 g/mol. The zero-order valence-corrected chi connectivity index (χ0v) is 10.5. The van der Waals surface area contributed by atoms with Crippen molar-refractivity contribution >= 4 is 6.29 Å². The first kappa shape index (κ1) is 12.5. The predicted octanol–water partition coefficient (Wildman–Crippen LogP) is 3.98. The summed E-state index contributed by atoms with van der Waals surface area (Å²) < 4.78 is 0. The number of allylic oxidation sites excluding steroid dienone is 2. The molecule has 1 fully saturated rings. The third kappa shape index (κ3) is 2.70. The summed E-state index contributed by atoms with van der Waals surface area (Å²) in [5, 5.41) is 0. The van der Waals surface area contributed by atoms with E-state index in [0.29, 0.717) is 5.41 Å². The second-order valence-corrected chi connectivity index (χ2v) is 5.48. The molecule has 86 valence electrons. The van der Waals surface area contributed by atoms with E-state index in [1.54, 1.807) is 0 Å². The molecule has 1 nitrogen and oxygen atoms in total. The largest absolute Gasteiger partial charge is 0.298 e. The quantitative estimate of drug-likeness (QED) is 0.504. The van der Waals surface area contributed by atoms with Gasteiger partial charge in [-0.2, -0.15) is 0 Å². The van der Waals surface area contributed by atoms with Gasteiger partial charge >= 0.3 is 0 Å². The fraction of sp³-hybridized carbons (Fsp3) is 0.786. The van der Waals surface area contributed by atoms with E-state index in [4.69, 9.17) is 0 Å². The minimum Gasteiger partial charge on any atom is -0.298 e. The molecule has 0 amide bonds. The van der Waals surface area contributed by atoms with Crippen molar-refractivity contribution in [2.75, 3.05) is 0 Å². The van der Waals surface area contributed by atoms with Gasteiger partial charge in [0.15, 0.2) is 0 Å². The molecule has 2 atom stereocenters. The van der Waals surface area contributed by atoms with E-state index in [1.807, 2.05) is 6.92 Å². The Bertz CT molecular complexity index is 250. The molecule has 1 aliphatic rings. The molecule has 0 saturated heterocycles. The smallest absolute Gasteiger partial charge is 0.145 e. The summed E-state index contributed by atoms with van der Waals surface area (Å²) in [7, 11) is 0. The summed E-state index contributed by atoms with van der Waals surface area (Å²) in [6, 6.07) is 0. The van der Waals surface area contributed by atoms with Gasteiger partial charge in [0.1, 0.15) is 6.29 Å². The Hall–Kier alpha value is -0.590. The first-order valence-electron chi connectivity index (χ1n) is 6.16. The number of carbonyl (C=O) groups is 1. The molecular formula is C14H24O. The van der Waals surface area contributed by atoms with Gasteiger partial charge in [-0.05, 0) is 48.5 Å². The average Bonchev–Trinajstić information content (AvgIpc) is 2.45. The molecule has 0 bridgehead atoms. The standard InChI is InChI=1S/C14H24O/c1-5-12(10-15)7-9-13-8-6-11(2)14(13,3)4/h7,10-11,13H,5-6,8-9H2,1-4H3/t11?,13-/m1/s1. The monoisotopic (exact) mass is 208 g/mol. The molecule has 0 N–H and O–H groups in total. The summed E-state index contributed by atoms with van der Waals surface area (Å²) >= 11 is 0. The van der Waals surface area contributed by atoms with Crippen LogP contribution in [0, 0.1) is 17.3 Å². The summed E-state index contributed by atoms with van der Waals surface area (Å²) in [5.41, 5.74) is 1.41. The average molecular weight is 208 g/mol. The van der Waals surface area contributed by atoms with Gasteiger partial charge in [-0.3, -0.25) is 4.79 Å². The van der Waals surface area contributed by atoms with Crippen LogP contribution >= 0.6 is 0 Å². The van der Waals surface area contributed by atoms with E-state index in [0.717, 1.165) is 36.5 Å². The van der Waals surface area contributed by atoms with Crippen LogP contribution in [-0.4, -0.2) is 6.29 Å². The Morgan fingerprint density at radius 2 is 2.07 bits per heavy atom. The molecule has 0 radical (unpaired) electrons. The fourth-order valence-corrected chi connectivity index (χ4v) is 2.59. The van der Waals surface area contributed by atoms with Crippen molar-refractivity contribution in [3.05, 3.63) is 11.6 Å². The first-order valence-corrected chi connectivity index (χ1v) is 6.16. The maximum atomic E-state index is 10.7. The minimum absolute atomic E-state index is 0.443. The van der Waals surface area contributed by atoms with Gasteiger partial charge in [0, 0.05) is 0 Å². The normalized spacial score (nSPS) is 30.5. The molecule has 0 aromatic heterocycles. The predicted molar refractivity (Wildman–Crippen MR) is 64.7 cm³/mol. The summed E-state index contributed by atoms with van der Waals surface area (Å²) in [6.07, 6.45) is 7.77. The third-order valence-corrected chi connectivity index (χ3v) is 4.49. The Labute approximate surface area is 93.9 Å². The van der Waals surface area contributed by atoms with Crippen LogP contribution in [0.1, 0.15) is 53.4 Å². The number of carbonyl (C=O) groups excluding carboxylic acids is 1. The lowest BCUT2D eigenvalue weighted by Gasteiger charge is -2.30. The lowest BCUT2D eigenvalue weighted by atomic mass is 9.75. The van der Waals surface area contributed by atoms with Crippen LogP contribution in [0.3, 0.4) is 0 Å². The third-order valence-electron chi connectivity index (χ3n) is 4.49. The number of rotatable bonds is 4. The van der Waals surface area contributed by atoms with Crippen LogP contribution in [0.5, 0.6) is 0 Å². The van der Waals surface area contributed by atoms with E-state index in [2.05, 4.69) is 26.8 Å². The SMILES string of the molecule is CCC(C=O)=CC[C@H]1CCC(C)C1(C)C. The molecule has 0 aromatic carbocycles. The maximum absolute atomic E-state index is 10.7. The van der Waals surface area contributed by atoms with Crippen LogP contribution in [0.2, 0.25) is 0 Å². The Balaban J connectivity index is 2.60. The number of aldehydes is 1. The Morgan fingerprint density at radius 3 is 2.47 bits per heavy atom. The second-order valence-electron chi connectivity index (χ2n) is 5.48. The molecule has 0 spiro atoms. The first-order chi connectivity index (χ1) is 7.02. The number of hydrogen-bond donors (Lipinski definition) is 0. The van der Waals surface area contributed by atoms with Gasteiger partial charge in [0.05, 0.1) is 0 Å². The summed E-state index contributed by atoms with van der Waals surface area (Å²) in [6.45, 7) is 9.14. The molecule has 1 aliphatic carbocycles. The molecule has 0 aliphatic heterocycles. The summed E-state index contributed by atoms with van der Waals surface area (Å²) in [4.78, 5) is 10.7.